The maximum atomic E-state index is 6.24. The Labute approximate surface area is 113 Å². The minimum atomic E-state index is 0.384. The zero-order chi connectivity index (χ0) is 12.4. The highest BCUT2D eigenvalue weighted by molar-refractivity contribution is 6.31. The van der Waals surface area contributed by atoms with Gasteiger partial charge in [-0.1, -0.05) is 54.1 Å². The van der Waals surface area contributed by atoms with Crippen molar-refractivity contribution >= 4 is 11.6 Å². The van der Waals surface area contributed by atoms with Crippen LogP contribution in [0.3, 0.4) is 0 Å². The summed E-state index contributed by atoms with van der Waals surface area (Å²) in [5, 5.41) is 4.46. The fourth-order valence-corrected chi connectivity index (χ4v) is 2.87. The van der Waals surface area contributed by atoms with E-state index in [1.807, 2.05) is 12.1 Å². The molecule has 2 aromatic rings. The van der Waals surface area contributed by atoms with Gasteiger partial charge in [-0.25, -0.2) is 0 Å². The smallest absolute Gasteiger partial charge is 0.0438 e. The quantitative estimate of drug-likeness (QED) is 0.864. The van der Waals surface area contributed by atoms with Gasteiger partial charge in [-0.15, -0.1) is 0 Å². The lowest BCUT2D eigenvalue weighted by Crippen LogP contribution is -2.31. The molecule has 18 heavy (non-hydrogen) atoms. The summed E-state index contributed by atoms with van der Waals surface area (Å²) in [6.45, 7) is 1.05. The Balaban J connectivity index is 1.89. The summed E-state index contributed by atoms with van der Waals surface area (Å²) in [6, 6.07) is 17.2. The van der Waals surface area contributed by atoms with Crippen LogP contribution in [-0.2, 0) is 12.8 Å². The van der Waals surface area contributed by atoms with Crippen LogP contribution in [0.15, 0.2) is 48.5 Å². The number of hydrogen-bond acceptors (Lipinski definition) is 1. The summed E-state index contributed by atoms with van der Waals surface area (Å²) in [5.41, 5.74) is 4.10. The summed E-state index contributed by atoms with van der Waals surface area (Å²) >= 11 is 6.24. The molecule has 0 bridgehead atoms. The maximum absolute atomic E-state index is 6.24. The minimum Gasteiger partial charge on any atom is -0.309 e. The Bertz CT molecular complexity index is 550. The summed E-state index contributed by atoms with van der Waals surface area (Å²) in [4.78, 5) is 0. The highest BCUT2D eigenvalue weighted by atomic mass is 35.5. The van der Waals surface area contributed by atoms with Crippen molar-refractivity contribution in [1.82, 2.24) is 5.32 Å². The maximum Gasteiger partial charge on any atom is 0.0438 e. The van der Waals surface area contributed by atoms with Gasteiger partial charge in [-0.2, -0.15) is 0 Å². The van der Waals surface area contributed by atoms with Crippen LogP contribution < -0.4 is 5.32 Å². The second kappa shape index (κ2) is 5.13. The summed E-state index contributed by atoms with van der Waals surface area (Å²) in [6.07, 6.45) is 2.08. The van der Waals surface area contributed by atoms with E-state index >= 15 is 0 Å². The van der Waals surface area contributed by atoms with E-state index in [1.165, 1.54) is 16.7 Å². The topological polar surface area (TPSA) is 12.0 Å². The Hall–Kier alpha value is -1.31. The van der Waals surface area contributed by atoms with Gasteiger partial charge in [-0.3, -0.25) is 0 Å². The van der Waals surface area contributed by atoms with E-state index in [0.717, 1.165) is 24.4 Å². The predicted octanol–water partition coefficient (Wildman–Crippen LogP) is 3.77. The lowest BCUT2D eigenvalue weighted by Gasteiger charge is -2.27. The third-order valence-corrected chi connectivity index (χ3v) is 3.97. The van der Waals surface area contributed by atoms with E-state index in [1.54, 1.807) is 0 Å². The third-order valence-electron chi connectivity index (χ3n) is 3.60. The fourth-order valence-electron chi connectivity index (χ4n) is 2.66. The normalized spacial score (nSPS) is 18.4. The average molecular weight is 258 g/mol. The van der Waals surface area contributed by atoms with Gasteiger partial charge in [0.2, 0.25) is 0 Å². The lowest BCUT2D eigenvalue weighted by molar-refractivity contribution is 0.502. The van der Waals surface area contributed by atoms with Gasteiger partial charge in [0.25, 0.3) is 0 Å². The molecule has 0 saturated heterocycles. The number of rotatable bonds is 2. The van der Waals surface area contributed by atoms with Crippen LogP contribution in [0.1, 0.15) is 22.7 Å². The van der Waals surface area contributed by atoms with Crippen molar-refractivity contribution in [3.8, 4) is 0 Å². The number of hydrogen-bond donors (Lipinski definition) is 1. The number of benzene rings is 2. The van der Waals surface area contributed by atoms with Crippen molar-refractivity contribution in [3.63, 3.8) is 0 Å². The van der Waals surface area contributed by atoms with Crippen LogP contribution in [0.5, 0.6) is 0 Å². The first-order chi connectivity index (χ1) is 8.84. The van der Waals surface area contributed by atoms with E-state index in [4.69, 9.17) is 11.6 Å². The monoisotopic (exact) mass is 257 g/mol. The highest BCUT2D eigenvalue weighted by Crippen LogP contribution is 2.28. The molecule has 1 aliphatic heterocycles. The van der Waals surface area contributed by atoms with Crippen molar-refractivity contribution < 1.29 is 0 Å². The van der Waals surface area contributed by atoms with Crippen LogP contribution in [-0.4, -0.2) is 6.54 Å². The molecule has 0 radical (unpaired) electrons. The Morgan fingerprint density at radius 1 is 1.06 bits per heavy atom. The Morgan fingerprint density at radius 3 is 2.72 bits per heavy atom. The van der Waals surface area contributed by atoms with Crippen LogP contribution in [0, 0.1) is 0 Å². The minimum absolute atomic E-state index is 0.384. The van der Waals surface area contributed by atoms with Gasteiger partial charge in [-0.05, 0) is 42.1 Å². The van der Waals surface area contributed by atoms with Gasteiger partial charge in [0.1, 0.15) is 0 Å². The number of fused-ring (bicyclic) bond motifs is 1. The predicted molar refractivity (Wildman–Crippen MR) is 76.0 cm³/mol. The molecule has 1 N–H and O–H groups in total. The zero-order valence-corrected chi connectivity index (χ0v) is 11.0. The second-order valence-corrected chi connectivity index (χ2v) is 5.16. The van der Waals surface area contributed by atoms with Gasteiger partial charge >= 0.3 is 0 Å². The molecular weight excluding hydrogens is 242 g/mol. The third kappa shape index (κ3) is 2.29. The fraction of sp³-hybridized carbons (Fsp3) is 0.250. The molecule has 0 spiro atoms. The summed E-state index contributed by atoms with van der Waals surface area (Å²) in [7, 11) is 0. The molecule has 1 heterocycles. The first kappa shape index (κ1) is 11.8. The molecule has 1 unspecified atom stereocenters. The van der Waals surface area contributed by atoms with Crippen LogP contribution >= 0.6 is 11.6 Å². The highest BCUT2D eigenvalue weighted by Gasteiger charge is 2.19. The standard InChI is InChI=1S/C16H16ClN/c17-15-8-4-2-6-13(15)11-16-14-7-3-1-5-12(14)9-10-18-16/h1-8,16,18H,9-11H2. The lowest BCUT2D eigenvalue weighted by atomic mass is 9.90. The second-order valence-electron chi connectivity index (χ2n) is 4.75. The van der Waals surface area contributed by atoms with Crippen molar-refractivity contribution in [3.05, 3.63) is 70.2 Å². The zero-order valence-electron chi connectivity index (χ0n) is 10.2. The molecule has 2 aromatic carbocycles. The molecule has 0 saturated carbocycles. The van der Waals surface area contributed by atoms with Crippen LogP contribution in [0.4, 0.5) is 0 Å². The van der Waals surface area contributed by atoms with E-state index in [2.05, 4.69) is 41.7 Å². The first-order valence-electron chi connectivity index (χ1n) is 6.39. The Morgan fingerprint density at radius 2 is 1.83 bits per heavy atom. The number of nitrogens with one attached hydrogen (secondary N) is 1. The van der Waals surface area contributed by atoms with Gasteiger partial charge < -0.3 is 5.32 Å². The molecule has 1 nitrogen and oxygen atoms in total. The molecule has 1 atom stereocenters. The van der Waals surface area contributed by atoms with Gasteiger partial charge in [0, 0.05) is 11.1 Å². The molecule has 92 valence electrons. The molecule has 2 heteroatoms. The SMILES string of the molecule is Clc1ccccc1CC1NCCc2ccccc21. The first-order valence-corrected chi connectivity index (χ1v) is 6.77. The molecule has 0 amide bonds. The summed E-state index contributed by atoms with van der Waals surface area (Å²) < 4.78 is 0. The van der Waals surface area contributed by atoms with Gasteiger partial charge in [0.15, 0.2) is 0 Å². The van der Waals surface area contributed by atoms with Gasteiger partial charge in [0.05, 0.1) is 0 Å². The summed E-state index contributed by atoms with van der Waals surface area (Å²) in [5.74, 6) is 0. The van der Waals surface area contributed by atoms with Crippen molar-refractivity contribution in [2.75, 3.05) is 6.54 Å². The van der Waals surface area contributed by atoms with Crippen molar-refractivity contribution in [2.45, 2.75) is 18.9 Å². The van der Waals surface area contributed by atoms with E-state index in [-0.39, 0.29) is 0 Å². The molecule has 0 aliphatic carbocycles. The molecule has 3 rings (SSSR count). The van der Waals surface area contributed by atoms with E-state index in [9.17, 15) is 0 Å². The van der Waals surface area contributed by atoms with E-state index < -0.39 is 0 Å². The van der Waals surface area contributed by atoms with Crippen molar-refractivity contribution in [1.29, 1.82) is 0 Å². The van der Waals surface area contributed by atoms with E-state index in [0.29, 0.717) is 6.04 Å². The molecular formula is C16H16ClN. The molecule has 1 aliphatic rings. The molecule has 0 aromatic heterocycles. The van der Waals surface area contributed by atoms with Crippen molar-refractivity contribution in [2.24, 2.45) is 0 Å². The average Bonchev–Trinajstić information content (AvgIpc) is 2.42. The van der Waals surface area contributed by atoms with Crippen LogP contribution in [0.2, 0.25) is 5.02 Å². The number of halogens is 1. The molecule has 0 fully saturated rings. The Kier molecular flexibility index (Phi) is 3.35. The van der Waals surface area contributed by atoms with Crippen LogP contribution in [0.25, 0.3) is 0 Å². The largest absolute Gasteiger partial charge is 0.309 e.